The van der Waals surface area contributed by atoms with Gasteiger partial charge in [-0.3, -0.25) is 0 Å². The number of halogens is 3. The number of anilines is 1. The molecule has 28 heavy (non-hydrogen) atoms. The fraction of sp³-hybridized carbons (Fsp3) is 0.333. The highest BCUT2D eigenvalue weighted by molar-refractivity contribution is 5.93. The molecule has 0 bridgehead atoms. The standard InChI is InChI=1S/C18H19F3N4O3/c19-18(20,21)28-15-4-2-1-3-14(15)25-17(22)24-10-12-5-7-23-16(9-12)27-13-6-8-26-11-13/h1-5,7,9,13H,6,8,10-11H2,(H3,22,24,25). The van der Waals surface area contributed by atoms with Crippen molar-refractivity contribution in [3.8, 4) is 11.6 Å². The number of ether oxygens (including phenoxy) is 3. The Kier molecular flexibility index (Phi) is 6.19. The second-order valence-corrected chi connectivity index (χ2v) is 5.98. The third-order valence-corrected chi connectivity index (χ3v) is 3.78. The summed E-state index contributed by atoms with van der Waals surface area (Å²) in [4.78, 5) is 8.29. The molecular formula is C18H19F3N4O3. The zero-order valence-electron chi connectivity index (χ0n) is 14.8. The molecule has 1 unspecified atom stereocenters. The molecule has 3 N–H and O–H groups in total. The second-order valence-electron chi connectivity index (χ2n) is 5.98. The Hall–Kier alpha value is -3.01. The molecule has 1 atom stereocenters. The lowest BCUT2D eigenvalue weighted by molar-refractivity contribution is -0.274. The SMILES string of the molecule is NC(=NCc1ccnc(OC2CCOC2)c1)Nc1ccccc1OC(F)(F)F. The van der Waals surface area contributed by atoms with Crippen LogP contribution >= 0.6 is 0 Å². The van der Waals surface area contributed by atoms with Gasteiger partial charge in [-0.25, -0.2) is 9.98 Å². The van der Waals surface area contributed by atoms with E-state index in [1.165, 1.54) is 18.2 Å². The van der Waals surface area contributed by atoms with Crippen LogP contribution in [0.5, 0.6) is 11.6 Å². The van der Waals surface area contributed by atoms with Gasteiger partial charge < -0.3 is 25.3 Å². The third-order valence-electron chi connectivity index (χ3n) is 3.78. The van der Waals surface area contributed by atoms with Crippen LogP contribution in [0.3, 0.4) is 0 Å². The van der Waals surface area contributed by atoms with Gasteiger partial charge in [-0.2, -0.15) is 0 Å². The minimum atomic E-state index is -4.80. The fourth-order valence-electron chi connectivity index (χ4n) is 2.53. The Morgan fingerprint density at radius 1 is 1.32 bits per heavy atom. The van der Waals surface area contributed by atoms with Crippen LogP contribution in [-0.2, 0) is 11.3 Å². The van der Waals surface area contributed by atoms with Gasteiger partial charge in [0.25, 0.3) is 0 Å². The quantitative estimate of drug-likeness (QED) is 0.576. The molecule has 2 aromatic rings. The van der Waals surface area contributed by atoms with Crippen LogP contribution in [-0.4, -0.2) is 36.6 Å². The van der Waals surface area contributed by atoms with E-state index in [-0.39, 0.29) is 24.3 Å². The molecule has 1 aliphatic heterocycles. The maximum absolute atomic E-state index is 12.5. The van der Waals surface area contributed by atoms with Crippen molar-refractivity contribution in [3.63, 3.8) is 0 Å². The molecule has 0 aliphatic carbocycles. The molecule has 150 valence electrons. The zero-order chi connectivity index (χ0) is 20.0. The van der Waals surface area contributed by atoms with Crippen molar-refractivity contribution >= 4 is 11.6 Å². The molecule has 0 saturated carbocycles. The van der Waals surface area contributed by atoms with Gasteiger partial charge in [0.1, 0.15) is 6.10 Å². The summed E-state index contributed by atoms with van der Waals surface area (Å²) in [5, 5.41) is 2.62. The zero-order valence-corrected chi connectivity index (χ0v) is 14.8. The van der Waals surface area contributed by atoms with Crippen LogP contribution in [0, 0.1) is 0 Å². The van der Waals surface area contributed by atoms with Crippen LogP contribution in [0.15, 0.2) is 47.6 Å². The molecule has 3 rings (SSSR count). The van der Waals surface area contributed by atoms with Crippen LogP contribution in [0.25, 0.3) is 0 Å². The first-order valence-corrected chi connectivity index (χ1v) is 8.50. The third kappa shape index (κ3) is 6.02. The molecule has 7 nitrogen and oxygen atoms in total. The van der Waals surface area contributed by atoms with Crippen molar-refractivity contribution in [2.24, 2.45) is 10.7 Å². The van der Waals surface area contributed by atoms with Gasteiger partial charge in [-0.1, -0.05) is 12.1 Å². The molecule has 1 fully saturated rings. The molecule has 10 heteroatoms. The molecule has 1 aliphatic rings. The van der Waals surface area contributed by atoms with E-state index in [0.29, 0.717) is 19.1 Å². The first-order chi connectivity index (χ1) is 13.4. The average molecular weight is 396 g/mol. The Labute approximate surface area is 159 Å². The summed E-state index contributed by atoms with van der Waals surface area (Å²) in [6.45, 7) is 1.39. The first kappa shape index (κ1) is 19.7. The smallest absolute Gasteiger partial charge is 0.472 e. The predicted molar refractivity (Wildman–Crippen MR) is 96.2 cm³/mol. The van der Waals surface area contributed by atoms with E-state index in [4.69, 9.17) is 15.2 Å². The number of nitrogens with two attached hydrogens (primary N) is 1. The molecular weight excluding hydrogens is 377 g/mol. The van der Waals surface area contributed by atoms with Gasteiger partial charge in [-0.15, -0.1) is 13.2 Å². The summed E-state index contributed by atoms with van der Waals surface area (Å²) in [5.74, 6) is 0.00637. The normalized spacial score (nSPS) is 17.4. The fourth-order valence-corrected chi connectivity index (χ4v) is 2.53. The van der Waals surface area contributed by atoms with Gasteiger partial charge in [0.15, 0.2) is 11.7 Å². The second kappa shape index (κ2) is 8.79. The van der Waals surface area contributed by atoms with Crippen molar-refractivity contribution in [1.82, 2.24) is 4.98 Å². The number of aliphatic imine (C=N–C) groups is 1. The lowest BCUT2D eigenvalue weighted by atomic mass is 10.2. The van der Waals surface area contributed by atoms with Crippen molar-refractivity contribution in [2.45, 2.75) is 25.4 Å². The van der Waals surface area contributed by atoms with Crippen molar-refractivity contribution in [1.29, 1.82) is 0 Å². The summed E-state index contributed by atoms with van der Waals surface area (Å²) in [6.07, 6.45) is -2.43. The number of aromatic nitrogens is 1. The number of nitrogens with one attached hydrogen (secondary N) is 1. The van der Waals surface area contributed by atoms with E-state index in [1.807, 2.05) is 0 Å². The molecule has 0 spiro atoms. The number of para-hydroxylation sites is 2. The molecule has 0 radical (unpaired) electrons. The van der Waals surface area contributed by atoms with Crippen LogP contribution in [0.4, 0.5) is 18.9 Å². The summed E-state index contributed by atoms with van der Waals surface area (Å²) in [6, 6.07) is 9.05. The Morgan fingerprint density at radius 2 is 2.14 bits per heavy atom. The maximum Gasteiger partial charge on any atom is 0.573 e. The van der Waals surface area contributed by atoms with E-state index in [0.717, 1.165) is 12.0 Å². The number of pyridine rings is 1. The number of benzene rings is 1. The Balaban J connectivity index is 1.62. The van der Waals surface area contributed by atoms with E-state index < -0.39 is 12.1 Å². The topological polar surface area (TPSA) is 91.0 Å². The van der Waals surface area contributed by atoms with E-state index in [9.17, 15) is 13.2 Å². The molecule has 2 heterocycles. The highest BCUT2D eigenvalue weighted by atomic mass is 19.4. The highest BCUT2D eigenvalue weighted by Crippen LogP contribution is 2.29. The average Bonchev–Trinajstić information content (AvgIpc) is 3.14. The minimum absolute atomic E-state index is 0.0249. The van der Waals surface area contributed by atoms with Crippen molar-refractivity contribution in [2.75, 3.05) is 18.5 Å². The molecule has 1 saturated heterocycles. The number of alkyl halides is 3. The number of hydrogen-bond acceptors (Lipinski definition) is 5. The molecule has 1 aromatic heterocycles. The first-order valence-electron chi connectivity index (χ1n) is 8.50. The van der Waals surface area contributed by atoms with Crippen LogP contribution < -0.4 is 20.5 Å². The van der Waals surface area contributed by atoms with E-state index >= 15 is 0 Å². The monoisotopic (exact) mass is 396 g/mol. The van der Waals surface area contributed by atoms with Crippen molar-refractivity contribution in [3.05, 3.63) is 48.2 Å². The Bertz CT molecular complexity index is 824. The molecule has 0 amide bonds. The summed E-state index contributed by atoms with van der Waals surface area (Å²) in [5.41, 5.74) is 6.64. The summed E-state index contributed by atoms with van der Waals surface area (Å²) >= 11 is 0. The minimum Gasteiger partial charge on any atom is -0.472 e. The van der Waals surface area contributed by atoms with E-state index in [1.54, 1.807) is 24.4 Å². The van der Waals surface area contributed by atoms with Crippen LogP contribution in [0.2, 0.25) is 0 Å². The summed E-state index contributed by atoms with van der Waals surface area (Å²) in [7, 11) is 0. The Morgan fingerprint density at radius 3 is 2.89 bits per heavy atom. The number of guanidine groups is 1. The number of rotatable bonds is 6. The summed E-state index contributed by atoms with van der Waals surface area (Å²) < 4.78 is 52.4. The van der Waals surface area contributed by atoms with Gasteiger partial charge in [0.2, 0.25) is 5.88 Å². The number of nitrogens with zero attached hydrogens (tertiary/aromatic N) is 2. The van der Waals surface area contributed by atoms with E-state index in [2.05, 4.69) is 20.0 Å². The van der Waals surface area contributed by atoms with Gasteiger partial charge in [0.05, 0.1) is 25.4 Å². The van der Waals surface area contributed by atoms with Crippen molar-refractivity contribution < 1.29 is 27.4 Å². The highest BCUT2D eigenvalue weighted by Gasteiger charge is 2.32. The predicted octanol–water partition coefficient (Wildman–Crippen LogP) is 3.07. The van der Waals surface area contributed by atoms with Gasteiger partial charge in [0, 0.05) is 18.7 Å². The lowest BCUT2D eigenvalue weighted by Gasteiger charge is -2.14. The van der Waals surface area contributed by atoms with Gasteiger partial charge >= 0.3 is 6.36 Å². The van der Waals surface area contributed by atoms with Crippen LogP contribution in [0.1, 0.15) is 12.0 Å². The van der Waals surface area contributed by atoms with Gasteiger partial charge in [-0.05, 0) is 23.8 Å². The molecule has 1 aromatic carbocycles. The lowest BCUT2D eigenvalue weighted by Crippen LogP contribution is -2.24. The number of hydrogen-bond donors (Lipinski definition) is 2. The largest absolute Gasteiger partial charge is 0.573 e. The maximum atomic E-state index is 12.5.